The lowest BCUT2D eigenvalue weighted by atomic mass is 9.98. The van der Waals surface area contributed by atoms with E-state index in [1.807, 2.05) is 44.2 Å². The zero-order valence-electron chi connectivity index (χ0n) is 21.3. The first-order valence-electron chi connectivity index (χ1n) is 11.8. The summed E-state index contributed by atoms with van der Waals surface area (Å²) in [6.45, 7) is 10.9. The Balaban J connectivity index is 2.26. The van der Waals surface area contributed by atoms with E-state index < -0.39 is 41.1 Å². The summed E-state index contributed by atoms with van der Waals surface area (Å²) in [7, 11) is 0. The molecule has 1 unspecified atom stereocenters. The molecule has 0 aliphatic carbocycles. The number of carbonyl (C=O) groups excluding carboxylic acids is 4. The van der Waals surface area contributed by atoms with E-state index in [1.54, 1.807) is 46.0 Å². The lowest BCUT2D eigenvalue weighted by Crippen LogP contribution is -2.56. The molecule has 0 aliphatic rings. The fraction of sp³-hybridized carbons (Fsp3) is 0.444. The number of pyridine rings is 1. The lowest BCUT2D eigenvalue weighted by Gasteiger charge is -2.25. The first-order chi connectivity index (χ1) is 16.4. The number of hydrogen-bond acceptors (Lipinski definition) is 5. The molecule has 1 aromatic carbocycles. The van der Waals surface area contributed by atoms with Gasteiger partial charge in [-0.25, -0.2) is 0 Å². The maximum atomic E-state index is 13.3. The van der Waals surface area contributed by atoms with Crippen molar-refractivity contribution in [3.63, 3.8) is 0 Å². The van der Waals surface area contributed by atoms with Crippen LogP contribution in [0, 0.1) is 12.8 Å². The summed E-state index contributed by atoms with van der Waals surface area (Å²) in [4.78, 5) is 56.0. The highest BCUT2D eigenvalue weighted by Crippen LogP contribution is 2.11. The molecule has 8 heteroatoms. The van der Waals surface area contributed by atoms with Crippen LogP contribution in [0.1, 0.15) is 62.7 Å². The number of nitrogens with zero attached hydrogens (tertiary/aromatic N) is 1. The van der Waals surface area contributed by atoms with Crippen molar-refractivity contribution in [3.05, 3.63) is 65.5 Å². The lowest BCUT2D eigenvalue weighted by molar-refractivity contribution is -0.141. The maximum Gasteiger partial charge on any atom is 0.290 e. The molecule has 3 amide bonds. The highest BCUT2D eigenvalue weighted by atomic mass is 16.2. The van der Waals surface area contributed by atoms with Crippen LogP contribution in [0.4, 0.5) is 0 Å². The number of aromatic nitrogens is 1. The van der Waals surface area contributed by atoms with Gasteiger partial charge in [-0.1, -0.05) is 44.2 Å². The van der Waals surface area contributed by atoms with Crippen molar-refractivity contribution in [3.8, 4) is 0 Å². The smallest absolute Gasteiger partial charge is 0.290 e. The highest BCUT2D eigenvalue weighted by molar-refractivity contribution is 6.38. The Morgan fingerprint density at radius 3 is 2.14 bits per heavy atom. The van der Waals surface area contributed by atoms with Crippen molar-refractivity contribution in [1.29, 1.82) is 0 Å². The van der Waals surface area contributed by atoms with Crippen LogP contribution in [0.5, 0.6) is 0 Å². The number of rotatable bonds is 10. The molecule has 0 bridgehead atoms. The third-order valence-electron chi connectivity index (χ3n) is 5.21. The first kappa shape index (κ1) is 27.7. The van der Waals surface area contributed by atoms with Crippen LogP contribution in [0.15, 0.2) is 48.7 Å². The third kappa shape index (κ3) is 8.96. The van der Waals surface area contributed by atoms with Crippen LogP contribution >= 0.6 is 0 Å². The predicted octanol–water partition coefficient (Wildman–Crippen LogP) is 2.75. The van der Waals surface area contributed by atoms with E-state index in [9.17, 15) is 19.2 Å². The molecular weight excluding hydrogens is 444 g/mol. The number of benzene rings is 1. The van der Waals surface area contributed by atoms with Gasteiger partial charge in [0.2, 0.25) is 11.7 Å². The molecule has 0 saturated carbocycles. The number of carbonyl (C=O) groups is 4. The average molecular weight is 481 g/mol. The molecule has 2 rings (SSSR count). The Hall–Kier alpha value is -3.55. The van der Waals surface area contributed by atoms with Crippen molar-refractivity contribution in [2.45, 2.75) is 72.0 Å². The van der Waals surface area contributed by atoms with Crippen molar-refractivity contribution in [2.24, 2.45) is 5.92 Å². The number of amides is 3. The van der Waals surface area contributed by atoms with Crippen LogP contribution in [-0.4, -0.2) is 46.1 Å². The third-order valence-corrected chi connectivity index (χ3v) is 5.21. The quantitative estimate of drug-likeness (QED) is 0.452. The van der Waals surface area contributed by atoms with Crippen molar-refractivity contribution < 1.29 is 19.2 Å². The Morgan fingerprint density at radius 2 is 1.57 bits per heavy atom. The maximum absolute atomic E-state index is 13.3. The number of ketones is 1. The van der Waals surface area contributed by atoms with Crippen LogP contribution in [0.25, 0.3) is 0 Å². The van der Waals surface area contributed by atoms with Crippen molar-refractivity contribution in [1.82, 2.24) is 20.9 Å². The zero-order valence-corrected chi connectivity index (χ0v) is 21.3. The number of Topliss-reactive ketones (excluding diaryl/α,β-unsaturated/α-hetero) is 1. The van der Waals surface area contributed by atoms with E-state index >= 15 is 0 Å². The summed E-state index contributed by atoms with van der Waals surface area (Å²) in [6.07, 6.45) is 2.09. The van der Waals surface area contributed by atoms with Crippen LogP contribution in [0.3, 0.4) is 0 Å². The normalized spacial score (nSPS) is 13.0. The van der Waals surface area contributed by atoms with Crippen LogP contribution in [0.2, 0.25) is 0 Å². The average Bonchev–Trinajstić information content (AvgIpc) is 2.77. The van der Waals surface area contributed by atoms with Gasteiger partial charge < -0.3 is 16.0 Å². The molecule has 0 radical (unpaired) electrons. The molecule has 0 fully saturated rings. The summed E-state index contributed by atoms with van der Waals surface area (Å²) in [5, 5.41) is 8.17. The predicted molar refractivity (Wildman–Crippen MR) is 135 cm³/mol. The molecule has 1 heterocycles. The molecule has 0 spiro atoms. The first-order valence-corrected chi connectivity index (χ1v) is 11.8. The van der Waals surface area contributed by atoms with E-state index in [1.165, 1.54) is 0 Å². The van der Waals surface area contributed by atoms with Gasteiger partial charge in [-0.2, -0.15) is 0 Å². The van der Waals surface area contributed by atoms with E-state index in [0.29, 0.717) is 17.7 Å². The minimum absolute atomic E-state index is 0.0912. The Bertz CT molecular complexity index is 1040. The van der Waals surface area contributed by atoms with Crippen LogP contribution < -0.4 is 16.0 Å². The molecule has 0 saturated heterocycles. The second-order valence-corrected chi connectivity index (χ2v) is 10.1. The molecule has 188 valence electrons. The van der Waals surface area contributed by atoms with Gasteiger partial charge in [0.25, 0.3) is 11.8 Å². The molecular formula is C27H36N4O4. The van der Waals surface area contributed by atoms with Crippen molar-refractivity contribution >= 4 is 23.5 Å². The monoisotopic (exact) mass is 480 g/mol. The SMILES string of the molecule is Cc1ncccc1C(=O)N[C@@H](CC(C)C)C(=O)NC(Cc1ccccc1)C(=O)C(=O)NC(C)(C)C. The summed E-state index contributed by atoms with van der Waals surface area (Å²) in [5.41, 5.74) is 1.11. The second kappa shape index (κ2) is 12.2. The largest absolute Gasteiger partial charge is 0.345 e. The summed E-state index contributed by atoms with van der Waals surface area (Å²) in [6, 6.07) is 10.5. The fourth-order valence-corrected chi connectivity index (χ4v) is 3.55. The van der Waals surface area contributed by atoms with E-state index in [2.05, 4.69) is 20.9 Å². The van der Waals surface area contributed by atoms with Gasteiger partial charge in [-0.05, 0) is 57.7 Å². The van der Waals surface area contributed by atoms with E-state index in [4.69, 9.17) is 0 Å². The number of aryl methyl sites for hydroxylation is 1. The van der Waals surface area contributed by atoms with E-state index in [0.717, 1.165) is 5.56 Å². The molecule has 2 atom stereocenters. The van der Waals surface area contributed by atoms with Crippen molar-refractivity contribution in [2.75, 3.05) is 0 Å². The Morgan fingerprint density at radius 1 is 0.914 bits per heavy atom. The van der Waals surface area contributed by atoms with Gasteiger partial charge in [-0.3, -0.25) is 24.2 Å². The Kier molecular flexibility index (Phi) is 9.68. The fourth-order valence-electron chi connectivity index (χ4n) is 3.55. The minimum atomic E-state index is -1.08. The van der Waals surface area contributed by atoms with Gasteiger partial charge in [0, 0.05) is 23.9 Å². The molecule has 35 heavy (non-hydrogen) atoms. The number of hydrogen-bond donors (Lipinski definition) is 3. The number of nitrogens with one attached hydrogen (secondary N) is 3. The van der Waals surface area contributed by atoms with Crippen LogP contribution in [-0.2, 0) is 20.8 Å². The highest BCUT2D eigenvalue weighted by Gasteiger charge is 2.32. The summed E-state index contributed by atoms with van der Waals surface area (Å²) in [5.74, 6) is -2.36. The van der Waals surface area contributed by atoms with E-state index in [-0.39, 0.29) is 12.3 Å². The standard InChI is InChI=1S/C27H36N4O4/c1-17(2)15-22(30-24(33)20-13-10-14-28-18(20)3)25(34)29-21(16-19-11-8-7-9-12-19)23(32)26(35)31-27(4,5)6/h7-14,17,21-22H,15-16H2,1-6H3,(H,29,34)(H,30,33)(H,31,35)/t21?,22-/m0/s1. The molecule has 8 nitrogen and oxygen atoms in total. The Labute approximate surface area is 207 Å². The topological polar surface area (TPSA) is 117 Å². The van der Waals surface area contributed by atoms with Gasteiger partial charge in [0.05, 0.1) is 5.56 Å². The molecule has 1 aromatic heterocycles. The molecule has 2 aromatic rings. The molecule has 3 N–H and O–H groups in total. The summed E-state index contributed by atoms with van der Waals surface area (Å²) < 4.78 is 0. The van der Waals surface area contributed by atoms with Gasteiger partial charge in [0.15, 0.2) is 0 Å². The van der Waals surface area contributed by atoms with Gasteiger partial charge in [0.1, 0.15) is 12.1 Å². The van der Waals surface area contributed by atoms with Gasteiger partial charge >= 0.3 is 0 Å². The second-order valence-electron chi connectivity index (χ2n) is 10.1. The van der Waals surface area contributed by atoms with Gasteiger partial charge in [-0.15, -0.1) is 0 Å². The molecule has 0 aliphatic heterocycles. The zero-order chi connectivity index (χ0) is 26.2. The minimum Gasteiger partial charge on any atom is -0.345 e. The summed E-state index contributed by atoms with van der Waals surface area (Å²) >= 11 is 0.